The average molecular weight is 350 g/mol. The number of hydrogen-bond donors (Lipinski definition) is 0. The quantitative estimate of drug-likeness (QED) is 0.525. The molecule has 0 aliphatic carbocycles. The zero-order valence-electron chi connectivity index (χ0n) is 14.4. The van der Waals surface area contributed by atoms with Gasteiger partial charge >= 0.3 is 5.97 Å². The first-order valence-electron chi connectivity index (χ1n) is 7.73. The minimum absolute atomic E-state index is 0.0788. The summed E-state index contributed by atoms with van der Waals surface area (Å²) in [6, 6.07) is 5.12. The van der Waals surface area contributed by atoms with Gasteiger partial charge in [0.05, 0.1) is 36.4 Å². The summed E-state index contributed by atoms with van der Waals surface area (Å²) in [5, 5.41) is 0. The Morgan fingerprint density at radius 1 is 1.19 bits per heavy atom. The number of imidazole rings is 1. The molecule has 3 rings (SSSR count). The largest absolute Gasteiger partial charge is 0.463 e. The molecule has 0 saturated heterocycles. The molecular formula is C19H15FN4O2. The van der Waals surface area contributed by atoms with Crippen LogP contribution in [0.4, 0.5) is 4.39 Å². The fraction of sp³-hybridized carbons (Fsp3) is 0.158. The Morgan fingerprint density at radius 2 is 2.00 bits per heavy atom. The number of nitrogens with zero attached hydrogens (tertiary/aromatic N) is 4. The van der Waals surface area contributed by atoms with Crippen LogP contribution in [0.1, 0.15) is 33.3 Å². The summed E-state index contributed by atoms with van der Waals surface area (Å²) in [7, 11) is 1.28. The van der Waals surface area contributed by atoms with Gasteiger partial charge in [-0.15, -0.1) is 0 Å². The standard InChI is InChI=1S/C19H15FN4O2/c1-12-4-6-15(10-22-12)24-13(2)17(23-18(24)19(25)26-3)7-5-14-8-9-21-11-16(14)20/h4,6,8-11H,1-3H3. The maximum Gasteiger partial charge on any atom is 0.374 e. The molecule has 0 aliphatic heterocycles. The van der Waals surface area contributed by atoms with Gasteiger partial charge in [0.2, 0.25) is 5.82 Å². The number of aryl methyl sites for hydroxylation is 1. The number of pyridine rings is 2. The number of esters is 1. The molecule has 6 nitrogen and oxygen atoms in total. The van der Waals surface area contributed by atoms with Gasteiger partial charge in [0.15, 0.2) is 5.82 Å². The molecule has 130 valence electrons. The van der Waals surface area contributed by atoms with E-state index < -0.39 is 11.8 Å². The van der Waals surface area contributed by atoms with E-state index in [1.807, 2.05) is 19.1 Å². The van der Waals surface area contributed by atoms with Gasteiger partial charge in [-0.2, -0.15) is 0 Å². The molecule has 0 N–H and O–H groups in total. The Morgan fingerprint density at radius 3 is 2.65 bits per heavy atom. The van der Waals surface area contributed by atoms with Crippen LogP contribution in [0, 0.1) is 31.5 Å². The van der Waals surface area contributed by atoms with Gasteiger partial charge < -0.3 is 4.74 Å². The van der Waals surface area contributed by atoms with Crippen LogP contribution in [0.15, 0.2) is 36.8 Å². The van der Waals surface area contributed by atoms with Crippen molar-refractivity contribution >= 4 is 5.97 Å². The van der Waals surface area contributed by atoms with E-state index in [9.17, 15) is 9.18 Å². The molecule has 0 saturated carbocycles. The SMILES string of the molecule is COC(=O)c1nc(C#Cc2ccncc2F)c(C)n1-c1ccc(C)nc1. The van der Waals surface area contributed by atoms with Crippen LogP contribution in [-0.2, 0) is 4.74 Å². The van der Waals surface area contributed by atoms with Crippen molar-refractivity contribution in [2.75, 3.05) is 7.11 Å². The topological polar surface area (TPSA) is 69.9 Å². The first-order valence-corrected chi connectivity index (χ1v) is 7.73. The molecule has 3 aromatic rings. The first kappa shape index (κ1) is 17.3. The molecule has 0 atom stereocenters. The molecule has 0 fully saturated rings. The third-order valence-corrected chi connectivity index (χ3v) is 3.72. The van der Waals surface area contributed by atoms with E-state index in [2.05, 4.69) is 26.8 Å². The smallest absolute Gasteiger partial charge is 0.374 e. The fourth-order valence-corrected chi connectivity index (χ4v) is 2.36. The number of ether oxygens (including phenoxy) is 1. The third-order valence-electron chi connectivity index (χ3n) is 3.72. The van der Waals surface area contributed by atoms with E-state index in [0.29, 0.717) is 17.1 Å². The van der Waals surface area contributed by atoms with Gasteiger partial charge in [0, 0.05) is 11.9 Å². The third kappa shape index (κ3) is 3.30. The van der Waals surface area contributed by atoms with Crippen molar-refractivity contribution in [3.8, 4) is 17.5 Å². The molecule has 0 spiro atoms. The summed E-state index contributed by atoms with van der Waals surface area (Å²) in [6.07, 6.45) is 4.18. The molecule has 26 heavy (non-hydrogen) atoms. The second kappa shape index (κ2) is 7.15. The second-order valence-electron chi connectivity index (χ2n) is 5.46. The highest BCUT2D eigenvalue weighted by atomic mass is 19.1. The van der Waals surface area contributed by atoms with Gasteiger partial charge in [-0.05, 0) is 38.0 Å². The zero-order valence-corrected chi connectivity index (χ0v) is 14.4. The minimum atomic E-state index is -0.600. The van der Waals surface area contributed by atoms with Gasteiger partial charge in [-0.25, -0.2) is 14.2 Å². The number of halogens is 1. The normalized spacial score (nSPS) is 10.2. The Labute approximate surface area is 149 Å². The number of hydrogen-bond acceptors (Lipinski definition) is 5. The lowest BCUT2D eigenvalue weighted by molar-refractivity contribution is 0.0584. The lowest BCUT2D eigenvalue weighted by Gasteiger charge is -2.08. The molecule has 3 heterocycles. The molecule has 0 unspecified atom stereocenters. The van der Waals surface area contributed by atoms with Crippen molar-refractivity contribution in [3.05, 3.63) is 71.1 Å². The van der Waals surface area contributed by atoms with Crippen LogP contribution in [0.5, 0.6) is 0 Å². The highest BCUT2D eigenvalue weighted by Gasteiger charge is 2.21. The molecule has 7 heteroatoms. The number of methoxy groups -OCH3 is 1. The maximum atomic E-state index is 13.7. The number of carbonyl (C=O) groups excluding carboxylic acids is 1. The van der Waals surface area contributed by atoms with Crippen LogP contribution >= 0.6 is 0 Å². The van der Waals surface area contributed by atoms with Crippen molar-refractivity contribution in [2.45, 2.75) is 13.8 Å². The lowest BCUT2D eigenvalue weighted by Crippen LogP contribution is -2.11. The molecule has 3 aromatic heterocycles. The van der Waals surface area contributed by atoms with Crippen molar-refractivity contribution in [2.24, 2.45) is 0 Å². The number of rotatable bonds is 2. The first-order chi connectivity index (χ1) is 12.5. The van der Waals surface area contributed by atoms with Crippen molar-refractivity contribution < 1.29 is 13.9 Å². The zero-order chi connectivity index (χ0) is 18.7. The second-order valence-corrected chi connectivity index (χ2v) is 5.46. The Kier molecular flexibility index (Phi) is 4.76. The number of aromatic nitrogens is 4. The fourth-order valence-electron chi connectivity index (χ4n) is 2.36. The van der Waals surface area contributed by atoms with Gasteiger partial charge in [0.1, 0.15) is 5.69 Å². The minimum Gasteiger partial charge on any atom is -0.463 e. The van der Waals surface area contributed by atoms with Crippen molar-refractivity contribution in [1.82, 2.24) is 19.5 Å². The molecular weight excluding hydrogens is 335 g/mol. The highest BCUT2D eigenvalue weighted by molar-refractivity contribution is 5.86. The van der Waals surface area contributed by atoms with Crippen molar-refractivity contribution in [1.29, 1.82) is 0 Å². The Bertz CT molecular complexity index is 1030. The van der Waals surface area contributed by atoms with E-state index >= 15 is 0 Å². The van der Waals surface area contributed by atoms with Crippen LogP contribution in [0.2, 0.25) is 0 Å². The summed E-state index contributed by atoms with van der Waals surface area (Å²) in [5.41, 5.74) is 2.68. The lowest BCUT2D eigenvalue weighted by atomic mass is 10.2. The Hall–Kier alpha value is -3.53. The van der Waals surface area contributed by atoms with Crippen LogP contribution in [0.25, 0.3) is 5.69 Å². The monoisotopic (exact) mass is 350 g/mol. The summed E-state index contributed by atoms with van der Waals surface area (Å²) in [4.78, 5) is 24.3. The van der Waals surface area contributed by atoms with Gasteiger partial charge in [0.25, 0.3) is 0 Å². The van der Waals surface area contributed by atoms with E-state index in [1.54, 1.807) is 17.7 Å². The molecule has 0 aliphatic rings. The highest BCUT2D eigenvalue weighted by Crippen LogP contribution is 2.18. The average Bonchev–Trinajstić information content (AvgIpc) is 2.97. The van der Waals surface area contributed by atoms with Crippen LogP contribution in [0.3, 0.4) is 0 Å². The predicted octanol–water partition coefficient (Wildman–Crippen LogP) is 2.60. The van der Waals surface area contributed by atoms with Gasteiger partial charge in [-0.1, -0.05) is 5.92 Å². The summed E-state index contributed by atoms with van der Waals surface area (Å²) in [6.45, 7) is 3.64. The summed E-state index contributed by atoms with van der Waals surface area (Å²) < 4.78 is 20.1. The summed E-state index contributed by atoms with van der Waals surface area (Å²) >= 11 is 0. The van der Waals surface area contributed by atoms with E-state index in [4.69, 9.17) is 4.74 Å². The van der Waals surface area contributed by atoms with E-state index in [1.165, 1.54) is 19.4 Å². The van der Waals surface area contributed by atoms with Crippen molar-refractivity contribution in [3.63, 3.8) is 0 Å². The van der Waals surface area contributed by atoms with Gasteiger partial charge in [-0.3, -0.25) is 14.5 Å². The molecule has 0 amide bonds. The van der Waals surface area contributed by atoms with E-state index in [-0.39, 0.29) is 11.4 Å². The molecule has 0 radical (unpaired) electrons. The van der Waals surface area contributed by atoms with Crippen LogP contribution in [-0.4, -0.2) is 32.6 Å². The Balaban J connectivity index is 2.13. The number of carbonyl (C=O) groups is 1. The van der Waals surface area contributed by atoms with E-state index in [0.717, 1.165) is 11.9 Å². The summed E-state index contributed by atoms with van der Waals surface area (Å²) in [5.74, 6) is 4.49. The maximum absolute atomic E-state index is 13.7. The van der Waals surface area contributed by atoms with Crippen LogP contribution < -0.4 is 0 Å². The molecule has 0 bridgehead atoms. The molecule has 0 aromatic carbocycles. The predicted molar refractivity (Wildman–Crippen MR) is 92.3 cm³/mol.